The molecule has 3 aromatic carbocycles. The first-order chi connectivity index (χ1) is 19.4. The van der Waals surface area contributed by atoms with Crippen molar-refractivity contribution in [2.24, 2.45) is 0 Å². The van der Waals surface area contributed by atoms with E-state index in [0.29, 0.717) is 17.9 Å². The van der Waals surface area contributed by atoms with Gasteiger partial charge in [0.15, 0.2) is 0 Å². The number of rotatable bonds is 9. The van der Waals surface area contributed by atoms with Crippen molar-refractivity contribution < 1.29 is 18.7 Å². The molecule has 0 aromatic heterocycles. The number of fused-ring (bicyclic) bond motifs is 1. The highest BCUT2D eigenvalue weighted by Gasteiger charge is 2.44. The zero-order chi connectivity index (χ0) is 28.1. The number of hydrogen-bond donors (Lipinski definition) is 1. The first-order valence-electron chi connectivity index (χ1n) is 13.9. The topological polar surface area (TPSA) is 65.1 Å². The summed E-state index contributed by atoms with van der Waals surface area (Å²) in [7, 11) is 3.75. The molecule has 1 saturated heterocycles. The molecular weight excluding hydrogens is 507 g/mol. The van der Waals surface area contributed by atoms with E-state index >= 15 is 0 Å². The number of halogens is 1. The Balaban J connectivity index is 1.43. The highest BCUT2D eigenvalue weighted by Crippen LogP contribution is 2.44. The normalized spacial score (nSPS) is 19.8. The predicted molar refractivity (Wildman–Crippen MR) is 153 cm³/mol. The lowest BCUT2D eigenvalue weighted by atomic mass is 9.79. The molecule has 2 atom stereocenters. The average molecular weight is 545 g/mol. The van der Waals surface area contributed by atoms with Gasteiger partial charge >= 0.3 is 0 Å². The summed E-state index contributed by atoms with van der Waals surface area (Å²) in [6.07, 6.45) is 0.856. The van der Waals surface area contributed by atoms with Gasteiger partial charge in [0.2, 0.25) is 5.91 Å². The Labute approximate surface area is 235 Å². The fourth-order valence-electron chi connectivity index (χ4n) is 5.70. The van der Waals surface area contributed by atoms with Crippen molar-refractivity contribution in [1.82, 2.24) is 20.0 Å². The first kappa shape index (κ1) is 27.8. The summed E-state index contributed by atoms with van der Waals surface area (Å²) < 4.78 is 19.0. The van der Waals surface area contributed by atoms with Crippen LogP contribution >= 0.6 is 0 Å². The number of nitrogens with one attached hydrogen (secondary N) is 1. The summed E-state index contributed by atoms with van der Waals surface area (Å²) in [5.74, 6) is -0.504. The Bertz CT molecular complexity index is 1310. The Morgan fingerprint density at radius 1 is 0.975 bits per heavy atom. The van der Waals surface area contributed by atoms with Crippen LogP contribution in [0.5, 0.6) is 5.75 Å². The maximum atomic E-state index is 14.0. The first-order valence-corrected chi connectivity index (χ1v) is 13.9. The molecule has 0 radical (unpaired) electrons. The number of likely N-dealkylation sites (N-methyl/N-ethyl adjacent to an activating group) is 1. The lowest BCUT2D eigenvalue weighted by molar-refractivity contribution is -0.124. The molecule has 0 bridgehead atoms. The van der Waals surface area contributed by atoms with E-state index in [-0.39, 0.29) is 24.2 Å². The molecule has 2 aliphatic rings. The van der Waals surface area contributed by atoms with Crippen molar-refractivity contribution in [3.05, 3.63) is 101 Å². The predicted octanol–water partition coefficient (Wildman–Crippen LogP) is 4.07. The third kappa shape index (κ3) is 6.18. The highest BCUT2D eigenvalue weighted by atomic mass is 19.1. The third-order valence-corrected chi connectivity index (χ3v) is 7.99. The number of amides is 2. The van der Waals surface area contributed by atoms with Crippen molar-refractivity contribution in [1.29, 1.82) is 0 Å². The molecule has 3 aromatic rings. The molecule has 0 saturated carbocycles. The minimum absolute atomic E-state index is 0.108. The third-order valence-electron chi connectivity index (χ3n) is 7.99. The van der Waals surface area contributed by atoms with Gasteiger partial charge < -0.3 is 24.8 Å². The Kier molecular flexibility index (Phi) is 8.77. The molecule has 0 aliphatic carbocycles. The molecule has 8 heteroatoms. The molecule has 0 spiro atoms. The largest absolute Gasteiger partial charge is 0.497 e. The van der Waals surface area contributed by atoms with Gasteiger partial charge in [0.1, 0.15) is 11.6 Å². The molecule has 2 aliphatic heterocycles. The van der Waals surface area contributed by atoms with Crippen LogP contribution in [0.4, 0.5) is 4.39 Å². The van der Waals surface area contributed by atoms with E-state index in [4.69, 9.17) is 4.74 Å². The van der Waals surface area contributed by atoms with E-state index in [1.54, 1.807) is 30.2 Å². The molecule has 1 N–H and O–H groups in total. The second-order valence-electron chi connectivity index (χ2n) is 10.6. The van der Waals surface area contributed by atoms with Crippen LogP contribution in [0.1, 0.15) is 45.4 Å². The minimum atomic E-state index is -0.605. The lowest BCUT2D eigenvalue weighted by Crippen LogP contribution is -2.47. The van der Waals surface area contributed by atoms with Crippen molar-refractivity contribution in [2.45, 2.75) is 24.9 Å². The van der Waals surface area contributed by atoms with Gasteiger partial charge in [0, 0.05) is 44.8 Å². The number of hydrogen-bond acceptors (Lipinski definition) is 5. The van der Waals surface area contributed by atoms with Crippen molar-refractivity contribution >= 4 is 11.8 Å². The average Bonchev–Trinajstić information content (AvgIpc) is 2.98. The van der Waals surface area contributed by atoms with Gasteiger partial charge in [-0.05, 0) is 67.0 Å². The van der Waals surface area contributed by atoms with Crippen LogP contribution in [0.3, 0.4) is 0 Å². The minimum Gasteiger partial charge on any atom is -0.497 e. The molecule has 2 heterocycles. The van der Waals surface area contributed by atoms with E-state index in [1.807, 2.05) is 42.5 Å². The Morgan fingerprint density at radius 3 is 2.38 bits per heavy atom. The number of nitrogens with zero attached hydrogens (tertiary/aromatic N) is 3. The summed E-state index contributed by atoms with van der Waals surface area (Å²) in [4.78, 5) is 34.4. The molecule has 210 valence electrons. The van der Waals surface area contributed by atoms with Gasteiger partial charge in [-0.3, -0.25) is 9.59 Å². The van der Waals surface area contributed by atoms with E-state index in [1.165, 1.54) is 12.1 Å². The summed E-state index contributed by atoms with van der Waals surface area (Å²) in [5, 5.41) is 3.18. The van der Waals surface area contributed by atoms with Crippen molar-refractivity contribution in [2.75, 3.05) is 53.4 Å². The fraction of sp³-hybridized carbons (Fsp3) is 0.375. The number of carbonyl (C=O) groups excluding carboxylic acids is 2. The summed E-state index contributed by atoms with van der Waals surface area (Å²) in [6.45, 7) is 5.95. The summed E-state index contributed by atoms with van der Waals surface area (Å²) in [5.41, 5.74) is 2.87. The number of carbonyl (C=O) groups is 2. The van der Waals surface area contributed by atoms with E-state index in [9.17, 15) is 14.0 Å². The Hall–Kier alpha value is -3.75. The van der Waals surface area contributed by atoms with Gasteiger partial charge in [0.25, 0.3) is 5.91 Å². The van der Waals surface area contributed by atoms with Gasteiger partial charge in [-0.15, -0.1) is 0 Å². The maximum Gasteiger partial charge on any atom is 0.255 e. The van der Waals surface area contributed by atoms with Crippen molar-refractivity contribution in [3.63, 3.8) is 0 Å². The van der Waals surface area contributed by atoms with Crippen LogP contribution in [0.2, 0.25) is 0 Å². The number of benzene rings is 3. The second-order valence-corrected chi connectivity index (χ2v) is 10.6. The van der Waals surface area contributed by atoms with Crippen LogP contribution in [0.15, 0.2) is 72.8 Å². The van der Waals surface area contributed by atoms with Crippen molar-refractivity contribution in [3.8, 4) is 5.75 Å². The SMILES string of the molecule is COc1ccc([C@H]2[C@H](C(=O)NCCCN3CCN(C)CC3)c3ccccc3C(=O)N2Cc2ccc(F)cc2)cc1. The molecule has 5 rings (SSSR count). The van der Waals surface area contributed by atoms with E-state index in [2.05, 4.69) is 22.2 Å². The second kappa shape index (κ2) is 12.6. The smallest absolute Gasteiger partial charge is 0.255 e. The zero-order valence-corrected chi connectivity index (χ0v) is 23.2. The van der Waals surface area contributed by atoms with Crippen LogP contribution < -0.4 is 10.1 Å². The number of methoxy groups -OCH3 is 1. The van der Waals surface area contributed by atoms with Crippen LogP contribution in [-0.4, -0.2) is 79.9 Å². The highest BCUT2D eigenvalue weighted by molar-refractivity contribution is 6.01. The molecule has 2 amide bonds. The van der Waals surface area contributed by atoms with Gasteiger partial charge in [-0.25, -0.2) is 4.39 Å². The molecule has 7 nitrogen and oxygen atoms in total. The number of piperazine rings is 1. The van der Waals surface area contributed by atoms with Crippen LogP contribution in [0, 0.1) is 5.82 Å². The lowest BCUT2D eigenvalue weighted by Gasteiger charge is -2.42. The van der Waals surface area contributed by atoms with Gasteiger partial charge in [0.05, 0.1) is 19.1 Å². The van der Waals surface area contributed by atoms with E-state index in [0.717, 1.165) is 55.8 Å². The molecular formula is C32H37FN4O3. The van der Waals surface area contributed by atoms with E-state index < -0.39 is 12.0 Å². The zero-order valence-electron chi connectivity index (χ0n) is 23.2. The standard InChI is InChI=1S/C32H37FN4O3/c1-35-18-20-36(21-19-35)17-5-16-34-31(38)29-27-6-3-4-7-28(27)32(39)37(22-23-8-12-25(33)13-9-23)30(29)24-10-14-26(40-2)15-11-24/h3-4,6-15,29-30H,5,16-22H2,1-2H3,(H,34,38)/t29-,30+/m1/s1. The molecule has 40 heavy (non-hydrogen) atoms. The van der Waals surface area contributed by atoms with Gasteiger partial charge in [-0.2, -0.15) is 0 Å². The summed E-state index contributed by atoms with van der Waals surface area (Å²) >= 11 is 0. The molecule has 1 fully saturated rings. The monoisotopic (exact) mass is 544 g/mol. The molecule has 0 unspecified atom stereocenters. The number of ether oxygens (including phenoxy) is 1. The van der Waals surface area contributed by atoms with Crippen LogP contribution in [-0.2, 0) is 11.3 Å². The van der Waals surface area contributed by atoms with Gasteiger partial charge in [-0.1, -0.05) is 42.5 Å². The fourth-order valence-corrected chi connectivity index (χ4v) is 5.70. The quantitative estimate of drug-likeness (QED) is 0.412. The summed E-state index contributed by atoms with van der Waals surface area (Å²) in [6, 6.07) is 20.5. The van der Waals surface area contributed by atoms with Crippen LogP contribution in [0.25, 0.3) is 0 Å². The Morgan fingerprint density at radius 2 is 1.68 bits per heavy atom. The maximum absolute atomic E-state index is 14.0.